The lowest BCUT2D eigenvalue weighted by molar-refractivity contribution is -0.121. The predicted octanol–water partition coefficient (Wildman–Crippen LogP) is 3.28. The summed E-state index contributed by atoms with van der Waals surface area (Å²) in [5.41, 5.74) is 5.62. The van der Waals surface area contributed by atoms with Crippen LogP contribution < -0.4 is 5.43 Å². The van der Waals surface area contributed by atoms with Gasteiger partial charge in [-0.1, -0.05) is 42.8 Å². The van der Waals surface area contributed by atoms with Crippen LogP contribution in [-0.2, 0) is 11.3 Å². The van der Waals surface area contributed by atoms with Crippen LogP contribution in [0.3, 0.4) is 0 Å². The van der Waals surface area contributed by atoms with E-state index in [1.54, 1.807) is 12.1 Å². The number of benzene rings is 2. The first-order valence-electron chi connectivity index (χ1n) is 8.57. The van der Waals surface area contributed by atoms with Crippen molar-refractivity contribution in [2.75, 3.05) is 0 Å². The van der Waals surface area contributed by atoms with Crippen molar-refractivity contribution in [2.24, 2.45) is 5.10 Å². The Bertz CT molecular complexity index is 917. The molecule has 0 unspecified atom stereocenters. The van der Waals surface area contributed by atoms with Gasteiger partial charge in [0.1, 0.15) is 17.9 Å². The number of hydrogen-bond acceptors (Lipinski definition) is 4. The number of amides is 1. The lowest BCUT2D eigenvalue weighted by atomic mass is 10.1. The quantitative estimate of drug-likeness (QED) is 0.523. The normalized spacial score (nSPS) is 11.7. The molecule has 1 N–H and O–H groups in total. The Balaban J connectivity index is 1.71. The van der Waals surface area contributed by atoms with Gasteiger partial charge in [-0.2, -0.15) is 5.10 Å². The van der Waals surface area contributed by atoms with E-state index in [0.717, 1.165) is 35.2 Å². The van der Waals surface area contributed by atoms with Crippen molar-refractivity contribution in [3.63, 3.8) is 0 Å². The van der Waals surface area contributed by atoms with Gasteiger partial charge >= 0.3 is 0 Å². The molecule has 7 heteroatoms. The number of halogens is 1. The molecule has 1 heterocycles. The number of unbranched alkanes of at least 4 members (excludes halogenated alkanes) is 1. The second-order valence-corrected chi connectivity index (χ2v) is 5.94. The third-order valence-corrected chi connectivity index (χ3v) is 3.97. The molecule has 0 spiro atoms. The highest BCUT2D eigenvalue weighted by molar-refractivity contribution is 6.01. The standard InChI is InChI=1S/C19H20FN5O/c1-2-3-6-16(14-9-11-15(20)12-10-14)21-23-19(26)13-25-18-8-5-4-7-17(18)22-24-25/h4-5,7-12H,2-3,6,13H2,1H3,(H,23,26)/b21-16-. The van der Waals surface area contributed by atoms with Crippen LogP contribution >= 0.6 is 0 Å². The molecule has 0 aliphatic carbocycles. The molecule has 134 valence electrons. The predicted molar refractivity (Wildman–Crippen MR) is 98.1 cm³/mol. The number of aromatic nitrogens is 3. The highest BCUT2D eigenvalue weighted by atomic mass is 19.1. The molecular formula is C19H20FN5O. The molecule has 1 amide bonds. The molecular weight excluding hydrogens is 333 g/mol. The highest BCUT2D eigenvalue weighted by Gasteiger charge is 2.09. The van der Waals surface area contributed by atoms with Crippen molar-refractivity contribution in [1.82, 2.24) is 20.4 Å². The van der Waals surface area contributed by atoms with Gasteiger partial charge in [-0.15, -0.1) is 5.10 Å². The van der Waals surface area contributed by atoms with Crippen LogP contribution in [0.25, 0.3) is 11.0 Å². The fraction of sp³-hybridized carbons (Fsp3) is 0.263. The van der Waals surface area contributed by atoms with Crippen molar-refractivity contribution in [2.45, 2.75) is 32.7 Å². The van der Waals surface area contributed by atoms with Crippen LogP contribution in [0.15, 0.2) is 53.6 Å². The Morgan fingerprint density at radius 3 is 2.73 bits per heavy atom. The number of carbonyl (C=O) groups excluding carboxylic acids is 1. The van der Waals surface area contributed by atoms with Crippen molar-refractivity contribution in [3.8, 4) is 0 Å². The van der Waals surface area contributed by atoms with E-state index in [4.69, 9.17) is 0 Å². The van der Waals surface area contributed by atoms with Crippen LogP contribution in [0, 0.1) is 5.82 Å². The number of nitrogens with one attached hydrogen (secondary N) is 1. The van der Waals surface area contributed by atoms with Gasteiger partial charge in [0, 0.05) is 0 Å². The number of nitrogens with zero attached hydrogens (tertiary/aromatic N) is 4. The van der Waals surface area contributed by atoms with Crippen LogP contribution in [0.4, 0.5) is 4.39 Å². The summed E-state index contributed by atoms with van der Waals surface area (Å²) in [6.07, 6.45) is 2.63. The first kappa shape index (κ1) is 17.7. The van der Waals surface area contributed by atoms with Crippen LogP contribution in [0.1, 0.15) is 31.7 Å². The van der Waals surface area contributed by atoms with E-state index in [0.29, 0.717) is 6.42 Å². The molecule has 0 bridgehead atoms. The molecule has 0 aliphatic rings. The molecule has 0 fully saturated rings. The summed E-state index contributed by atoms with van der Waals surface area (Å²) < 4.78 is 14.7. The molecule has 0 aliphatic heterocycles. The van der Waals surface area contributed by atoms with Crippen LogP contribution in [0.5, 0.6) is 0 Å². The summed E-state index contributed by atoms with van der Waals surface area (Å²) >= 11 is 0. The van der Waals surface area contributed by atoms with Gasteiger partial charge in [-0.25, -0.2) is 14.5 Å². The Kier molecular flexibility index (Phi) is 5.68. The summed E-state index contributed by atoms with van der Waals surface area (Å²) in [7, 11) is 0. The first-order chi connectivity index (χ1) is 12.7. The molecule has 0 saturated heterocycles. The SMILES string of the molecule is CCCC/C(=N/NC(=O)Cn1nnc2ccccc21)c1ccc(F)cc1. The topological polar surface area (TPSA) is 72.2 Å². The average molecular weight is 353 g/mol. The number of fused-ring (bicyclic) bond motifs is 1. The molecule has 0 atom stereocenters. The van der Waals surface area contributed by atoms with Gasteiger partial charge in [-0.3, -0.25) is 4.79 Å². The summed E-state index contributed by atoms with van der Waals surface area (Å²) in [5.74, 6) is -0.595. The maximum atomic E-state index is 13.1. The zero-order valence-corrected chi connectivity index (χ0v) is 14.5. The van der Waals surface area contributed by atoms with E-state index in [9.17, 15) is 9.18 Å². The smallest absolute Gasteiger partial charge is 0.261 e. The average Bonchev–Trinajstić information content (AvgIpc) is 3.06. The molecule has 1 aromatic heterocycles. The largest absolute Gasteiger partial charge is 0.271 e. The summed E-state index contributed by atoms with van der Waals surface area (Å²) in [6.45, 7) is 2.10. The lowest BCUT2D eigenvalue weighted by Crippen LogP contribution is -2.25. The monoisotopic (exact) mass is 353 g/mol. The Morgan fingerprint density at radius 2 is 1.96 bits per heavy atom. The Morgan fingerprint density at radius 1 is 1.19 bits per heavy atom. The number of para-hydroxylation sites is 1. The van der Waals surface area contributed by atoms with Crippen molar-refractivity contribution in [1.29, 1.82) is 0 Å². The van der Waals surface area contributed by atoms with E-state index in [-0.39, 0.29) is 18.3 Å². The van der Waals surface area contributed by atoms with Crippen molar-refractivity contribution in [3.05, 3.63) is 59.9 Å². The maximum Gasteiger partial charge on any atom is 0.261 e. The van der Waals surface area contributed by atoms with Gasteiger partial charge in [0.05, 0.1) is 11.2 Å². The number of rotatable bonds is 7. The van der Waals surface area contributed by atoms with Gasteiger partial charge in [0.25, 0.3) is 5.91 Å². The highest BCUT2D eigenvalue weighted by Crippen LogP contribution is 2.11. The van der Waals surface area contributed by atoms with Crippen molar-refractivity contribution >= 4 is 22.7 Å². The van der Waals surface area contributed by atoms with E-state index in [2.05, 4.69) is 27.8 Å². The molecule has 0 radical (unpaired) electrons. The summed E-state index contributed by atoms with van der Waals surface area (Å²) in [6, 6.07) is 13.6. The van der Waals surface area contributed by atoms with E-state index in [1.165, 1.54) is 16.8 Å². The minimum absolute atomic E-state index is 0.0223. The fourth-order valence-electron chi connectivity index (χ4n) is 2.59. The fourth-order valence-corrected chi connectivity index (χ4v) is 2.59. The maximum absolute atomic E-state index is 13.1. The van der Waals surface area contributed by atoms with Crippen LogP contribution in [-0.4, -0.2) is 26.6 Å². The second kappa shape index (κ2) is 8.33. The number of carbonyl (C=O) groups is 1. The molecule has 3 aromatic rings. The lowest BCUT2D eigenvalue weighted by Gasteiger charge is -2.07. The van der Waals surface area contributed by atoms with Gasteiger partial charge in [-0.05, 0) is 42.7 Å². The Labute approximate surface area is 150 Å². The van der Waals surface area contributed by atoms with E-state index >= 15 is 0 Å². The van der Waals surface area contributed by atoms with Crippen molar-refractivity contribution < 1.29 is 9.18 Å². The third kappa shape index (κ3) is 4.30. The third-order valence-electron chi connectivity index (χ3n) is 3.97. The van der Waals surface area contributed by atoms with Crippen LogP contribution in [0.2, 0.25) is 0 Å². The zero-order chi connectivity index (χ0) is 18.4. The minimum Gasteiger partial charge on any atom is -0.271 e. The van der Waals surface area contributed by atoms with Gasteiger partial charge in [0.2, 0.25) is 0 Å². The number of hydrogen-bond donors (Lipinski definition) is 1. The van der Waals surface area contributed by atoms with E-state index < -0.39 is 0 Å². The summed E-state index contributed by atoms with van der Waals surface area (Å²) in [5, 5.41) is 12.3. The van der Waals surface area contributed by atoms with E-state index in [1.807, 2.05) is 24.3 Å². The number of hydrazone groups is 1. The van der Waals surface area contributed by atoms with Gasteiger partial charge in [0.15, 0.2) is 0 Å². The zero-order valence-electron chi connectivity index (χ0n) is 14.5. The Hall–Kier alpha value is -3.09. The molecule has 0 saturated carbocycles. The minimum atomic E-state index is -0.300. The second-order valence-electron chi connectivity index (χ2n) is 5.94. The first-order valence-corrected chi connectivity index (χ1v) is 8.57. The molecule has 2 aromatic carbocycles. The molecule has 3 rings (SSSR count). The van der Waals surface area contributed by atoms with Gasteiger partial charge < -0.3 is 0 Å². The molecule has 26 heavy (non-hydrogen) atoms. The summed E-state index contributed by atoms with van der Waals surface area (Å²) in [4.78, 5) is 12.3. The molecule has 6 nitrogen and oxygen atoms in total.